The number of anilines is 1. The number of aliphatic hydroxyl groups is 1. The summed E-state index contributed by atoms with van der Waals surface area (Å²) in [6.45, 7) is 5.48. The summed E-state index contributed by atoms with van der Waals surface area (Å²) in [7, 11) is 1.48. The molecule has 0 fully saturated rings. The van der Waals surface area contributed by atoms with Crippen molar-refractivity contribution in [3.8, 4) is 5.75 Å². The molecule has 0 saturated heterocycles. The van der Waals surface area contributed by atoms with Gasteiger partial charge in [0.05, 0.1) is 24.5 Å². The minimum atomic E-state index is -0.982. The molecule has 1 aromatic carbocycles. The lowest BCUT2D eigenvalue weighted by Gasteiger charge is -2.26. The molecular formula is C25H27ClN6O5. The predicted octanol–water partition coefficient (Wildman–Crippen LogP) is 3.28. The first kappa shape index (κ1) is 26.1. The summed E-state index contributed by atoms with van der Waals surface area (Å²) in [5, 5.41) is 31.6. The summed E-state index contributed by atoms with van der Waals surface area (Å²) in [6, 6.07) is 7.30. The Hall–Kier alpha value is -3.96. The molecule has 0 unspecified atom stereocenters. The van der Waals surface area contributed by atoms with Crippen LogP contribution in [0.3, 0.4) is 0 Å². The lowest BCUT2D eigenvalue weighted by molar-refractivity contribution is 0.0577. The molecule has 0 radical (unpaired) electrons. The predicted molar refractivity (Wildman–Crippen MR) is 136 cm³/mol. The Morgan fingerprint density at radius 2 is 2.00 bits per heavy atom. The molecular weight excluding hydrogens is 500 g/mol. The van der Waals surface area contributed by atoms with Gasteiger partial charge in [0, 0.05) is 30.1 Å². The standard InChI is InChI=1S/C25H27ClN6O5/c1-14(22-30-20(21(33)24(35)31(22)4)23(34)29-16-10-28-37-12-16)19(17-7-5-6-8-18(17)26)15-9-27-32(11-15)13-25(2,3)36/h5-12,14,19,33,36H,13H2,1-4H3,(H,29,34)/t14-,19+/m1/s1. The molecule has 2 atom stereocenters. The molecule has 0 bridgehead atoms. The van der Waals surface area contributed by atoms with Gasteiger partial charge in [0.2, 0.25) is 5.75 Å². The maximum atomic E-state index is 12.9. The van der Waals surface area contributed by atoms with Crippen molar-refractivity contribution < 1.29 is 19.5 Å². The van der Waals surface area contributed by atoms with Crippen LogP contribution in [0.5, 0.6) is 5.75 Å². The van der Waals surface area contributed by atoms with Gasteiger partial charge in [-0.15, -0.1) is 0 Å². The topological polar surface area (TPSA) is 148 Å². The molecule has 0 aliphatic carbocycles. The fourth-order valence-corrected chi connectivity index (χ4v) is 4.52. The molecule has 4 rings (SSSR count). The van der Waals surface area contributed by atoms with Crippen LogP contribution in [0.1, 0.15) is 60.0 Å². The second kappa shape index (κ2) is 10.2. The molecule has 0 spiro atoms. The van der Waals surface area contributed by atoms with Gasteiger partial charge in [-0.25, -0.2) is 4.98 Å². The van der Waals surface area contributed by atoms with E-state index in [9.17, 15) is 19.8 Å². The third-order valence-corrected chi connectivity index (χ3v) is 6.26. The van der Waals surface area contributed by atoms with Crippen LogP contribution in [0.4, 0.5) is 5.69 Å². The molecule has 3 heterocycles. The molecule has 0 saturated carbocycles. The number of nitrogens with zero attached hydrogens (tertiary/aromatic N) is 5. The molecule has 12 heteroatoms. The van der Waals surface area contributed by atoms with Crippen LogP contribution in [0.25, 0.3) is 0 Å². The highest BCUT2D eigenvalue weighted by Crippen LogP contribution is 2.40. The maximum absolute atomic E-state index is 12.9. The molecule has 37 heavy (non-hydrogen) atoms. The fourth-order valence-electron chi connectivity index (χ4n) is 4.27. The zero-order chi connectivity index (χ0) is 26.9. The molecule has 0 aliphatic rings. The average molecular weight is 527 g/mol. The van der Waals surface area contributed by atoms with Gasteiger partial charge in [0.25, 0.3) is 11.5 Å². The SMILES string of the molecule is C[C@@H](c1nc(C(=O)Nc2cnoc2)c(O)c(=O)n1C)[C@@H](c1cnn(CC(C)(C)O)c1)c1ccccc1Cl. The van der Waals surface area contributed by atoms with Crippen LogP contribution in [0.2, 0.25) is 5.02 Å². The largest absolute Gasteiger partial charge is 0.501 e. The average Bonchev–Trinajstić information content (AvgIpc) is 3.50. The zero-order valence-electron chi connectivity index (χ0n) is 20.7. The molecule has 3 N–H and O–H groups in total. The number of aromatic nitrogens is 5. The van der Waals surface area contributed by atoms with Crippen molar-refractivity contribution in [1.82, 2.24) is 24.5 Å². The van der Waals surface area contributed by atoms with Gasteiger partial charge in [0.15, 0.2) is 5.69 Å². The van der Waals surface area contributed by atoms with Crippen LogP contribution < -0.4 is 10.9 Å². The summed E-state index contributed by atoms with van der Waals surface area (Å²) in [6.07, 6.45) is 5.96. The highest BCUT2D eigenvalue weighted by molar-refractivity contribution is 6.31. The second-order valence-corrected chi connectivity index (χ2v) is 9.88. The van der Waals surface area contributed by atoms with Crippen molar-refractivity contribution in [2.45, 2.75) is 44.8 Å². The first-order valence-electron chi connectivity index (χ1n) is 11.5. The van der Waals surface area contributed by atoms with E-state index in [2.05, 4.69) is 20.6 Å². The lowest BCUT2D eigenvalue weighted by atomic mass is 9.82. The molecule has 3 aromatic heterocycles. The third kappa shape index (κ3) is 5.57. The Kier molecular flexibility index (Phi) is 7.19. The summed E-state index contributed by atoms with van der Waals surface area (Å²) in [5.41, 5.74) is -0.413. The van der Waals surface area contributed by atoms with Crippen molar-refractivity contribution in [2.75, 3.05) is 5.32 Å². The van der Waals surface area contributed by atoms with E-state index in [0.717, 1.165) is 11.1 Å². The van der Waals surface area contributed by atoms with Crippen LogP contribution in [0.15, 0.2) is 58.4 Å². The second-order valence-electron chi connectivity index (χ2n) is 9.47. The Bertz CT molecular complexity index is 1470. The number of nitrogens with one attached hydrogen (secondary N) is 1. The van der Waals surface area contributed by atoms with Gasteiger partial charge in [-0.2, -0.15) is 5.10 Å². The maximum Gasteiger partial charge on any atom is 0.296 e. The van der Waals surface area contributed by atoms with E-state index in [1.165, 1.54) is 24.1 Å². The number of hydrogen-bond acceptors (Lipinski definition) is 8. The van der Waals surface area contributed by atoms with Crippen molar-refractivity contribution in [3.63, 3.8) is 0 Å². The van der Waals surface area contributed by atoms with Crippen molar-refractivity contribution in [3.05, 3.63) is 87.1 Å². The minimum absolute atomic E-state index is 0.245. The van der Waals surface area contributed by atoms with Gasteiger partial charge in [-0.05, 0) is 31.0 Å². The molecule has 1 amide bonds. The number of carbonyl (C=O) groups is 1. The van der Waals surface area contributed by atoms with Gasteiger partial charge in [-0.3, -0.25) is 18.8 Å². The van der Waals surface area contributed by atoms with Gasteiger partial charge < -0.3 is 20.1 Å². The smallest absolute Gasteiger partial charge is 0.296 e. The van der Waals surface area contributed by atoms with Crippen LogP contribution in [-0.2, 0) is 13.6 Å². The Morgan fingerprint density at radius 3 is 2.65 bits per heavy atom. The van der Waals surface area contributed by atoms with Crippen molar-refractivity contribution >= 4 is 23.2 Å². The van der Waals surface area contributed by atoms with E-state index in [4.69, 9.17) is 16.1 Å². The summed E-state index contributed by atoms with van der Waals surface area (Å²) < 4.78 is 7.55. The highest BCUT2D eigenvalue weighted by atomic mass is 35.5. The minimum Gasteiger partial charge on any atom is -0.501 e. The number of aromatic hydroxyl groups is 1. The monoisotopic (exact) mass is 526 g/mol. The van der Waals surface area contributed by atoms with E-state index in [1.54, 1.807) is 37.0 Å². The fraction of sp³-hybridized carbons (Fsp3) is 0.320. The molecule has 194 valence electrons. The van der Waals surface area contributed by atoms with Crippen molar-refractivity contribution in [2.24, 2.45) is 7.05 Å². The number of amides is 1. The quantitative estimate of drug-likeness (QED) is 0.317. The van der Waals surface area contributed by atoms with E-state index in [0.29, 0.717) is 5.02 Å². The Balaban J connectivity index is 1.81. The van der Waals surface area contributed by atoms with Gasteiger partial charge >= 0.3 is 0 Å². The van der Waals surface area contributed by atoms with Crippen LogP contribution in [0, 0.1) is 0 Å². The molecule has 0 aliphatic heterocycles. The number of benzene rings is 1. The Labute approximate surface area is 217 Å². The van der Waals surface area contributed by atoms with Crippen LogP contribution >= 0.6 is 11.6 Å². The third-order valence-electron chi connectivity index (χ3n) is 5.92. The van der Waals surface area contributed by atoms with Crippen molar-refractivity contribution in [1.29, 1.82) is 0 Å². The first-order valence-corrected chi connectivity index (χ1v) is 11.8. The summed E-state index contributed by atoms with van der Waals surface area (Å²) in [4.78, 5) is 30.2. The number of halogens is 1. The lowest BCUT2D eigenvalue weighted by Crippen LogP contribution is -2.29. The van der Waals surface area contributed by atoms with E-state index >= 15 is 0 Å². The summed E-state index contributed by atoms with van der Waals surface area (Å²) in [5.74, 6) is -2.25. The van der Waals surface area contributed by atoms with E-state index in [-0.39, 0.29) is 18.1 Å². The normalized spacial score (nSPS) is 13.4. The van der Waals surface area contributed by atoms with E-state index < -0.39 is 40.3 Å². The first-order chi connectivity index (χ1) is 17.5. The van der Waals surface area contributed by atoms with Gasteiger partial charge in [-0.1, -0.05) is 41.9 Å². The number of rotatable bonds is 8. The zero-order valence-corrected chi connectivity index (χ0v) is 21.5. The Morgan fingerprint density at radius 1 is 1.27 bits per heavy atom. The number of hydrogen-bond donors (Lipinski definition) is 3. The molecule has 11 nitrogen and oxygen atoms in total. The highest BCUT2D eigenvalue weighted by Gasteiger charge is 2.31. The summed E-state index contributed by atoms with van der Waals surface area (Å²) >= 11 is 6.60. The number of carbonyl (C=O) groups excluding carboxylic acids is 1. The molecule has 4 aromatic rings. The van der Waals surface area contributed by atoms with Gasteiger partial charge in [0.1, 0.15) is 17.8 Å². The van der Waals surface area contributed by atoms with E-state index in [1.807, 2.05) is 25.1 Å². The van der Waals surface area contributed by atoms with Crippen LogP contribution in [-0.4, -0.2) is 46.2 Å².